The van der Waals surface area contributed by atoms with Crippen molar-refractivity contribution in [1.82, 2.24) is 5.32 Å². The van der Waals surface area contributed by atoms with Gasteiger partial charge in [0.15, 0.2) is 6.10 Å². The normalized spacial score (nSPS) is 17.7. The summed E-state index contributed by atoms with van der Waals surface area (Å²) in [5.41, 5.74) is 0.749. The van der Waals surface area contributed by atoms with Crippen LogP contribution in [0.5, 0.6) is 0 Å². The molecule has 0 saturated heterocycles. The zero-order chi connectivity index (χ0) is 17.7. The number of hydrogen-bond donors (Lipinski definition) is 2. The summed E-state index contributed by atoms with van der Waals surface area (Å²) in [4.78, 5) is 36.8. The molecule has 0 unspecified atom stereocenters. The Morgan fingerprint density at radius 2 is 2.00 bits per heavy atom. The van der Waals surface area contributed by atoms with Gasteiger partial charge in [0, 0.05) is 11.4 Å². The van der Waals surface area contributed by atoms with Gasteiger partial charge in [-0.2, -0.15) is 0 Å². The zero-order valence-electron chi connectivity index (χ0n) is 14.0. The second-order valence-electron chi connectivity index (χ2n) is 6.07. The second kappa shape index (κ2) is 8.19. The lowest BCUT2D eigenvalue weighted by atomic mass is 10.2. The SMILES string of the molecule is CC(C)CNC(=O)[C@@H](C)OC(=O)C[C@H]1Sc2ccccc2NC1=O. The molecule has 0 bridgehead atoms. The fraction of sp³-hybridized carbons (Fsp3) is 0.471. The lowest BCUT2D eigenvalue weighted by molar-refractivity contribution is -0.155. The highest BCUT2D eigenvalue weighted by molar-refractivity contribution is 8.01. The van der Waals surface area contributed by atoms with Gasteiger partial charge >= 0.3 is 5.97 Å². The summed E-state index contributed by atoms with van der Waals surface area (Å²) < 4.78 is 5.14. The summed E-state index contributed by atoms with van der Waals surface area (Å²) in [5.74, 6) is -0.802. The minimum atomic E-state index is -0.875. The fourth-order valence-corrected chi connectivity index (χ4v) is 3.22. The molecule has 2 rings (SSSR count). The van der Waals surface area contributed by atoms with E-state index in [2.05, 4.69) is 10.6 Å². The number of rotatable bonds is 6. The van der Waals surface area contributed by atoms with E-state index in [4.69, 9.17) is 4.74 Å². The van der Waals surface area contributed by atoms with Crippen molar-refractivity contribution in [2.75, 3.05) is 11.9 Å². The van der Waals surface area contributed by atoms with E-state index in [0.29, 0.717) is 12.5 Å². The van der Waals surface area contributed by atoms with Gasteiger partial charge in [-0.15, -0.1) is 11.8 Å². The highest BCUT2D eigenvalue weighted by Gasteiger charge is 2.30. The summed E-state index contributed by atoms with van der Waals surface area (Å²) in [6.45, 7) is 6.01. The number of thioether (sulfide) groups is 1. The Labute approximate surface area is 145 Å². The van der Waals surface area contributed by atoms with E-state index in [1.54, 1.807) is 0 Å². The van der Waals surface area contributed by atoms with Crippen LogP contribution in [-0.2, 0) is 19.1 Å². The van der Waals surface area contributed by atoms with Crippen LogP contribution in [-0.4, -0.2) is 35.7 Å². The van der Waals surface area contributed by atoms with Crippen molar-refractivity contribution in [3.05, 3.63) is 24.3 Å². The van der Waals surface area contributed by atoms with Crippen LogP contribution in [0.2, 0.25) is 0 Å². The molecule has 1 aromatic rings. The van der Waals surface area contributed by atoms with Gasteiger partial charge in [-0.3, -0.25) is 14.4 Å². The molecule has 0 aromatic heterocycles. The Morgan fingerprint density at radius 3 is 2.71 bits per heavy atom. The summed E-state index contributed by atoms with van der Waals surface area (Å²) in [6.07, 6.45) is -0.952. The van der Waals surface area contributed by atoms with Crippen LogP contribution in [0.1, 0.15) is 27.2 Å². The van der Waals surface area contributed by atoms with Crippen molar-refractivity contribution in [2.45, 2.75) is 43.4 Å². The first-order valence-electron chi connectivity index (χ1n) is 7.90. The molecule has 0 saturated carbocycles. The van der Waals surface area contributed by atoms with Crippen LogP contribution in [0, 0.1) is 5.92 Å². The van der Waals surface area contributed by atoms with Crippen molar-refractivity contribution in [2.24, 2.45) is 5.92 Å². The van der Waals surface area contributed by atoms with Crippen LogP contribution >= 0.6 is 11.8 Å². The number of amides is 2. The molecule has 1 aliphatic rings. The predicted molar refractivity (Wildman–Crippen MR) is 92.7 cm³/mol. The van der Waals surface area contributed by atoms with Crippen LogP contribution in [0.4, 0.5) is 5.69 Å². The van der Waals surface area contributed by atoms with E-state index < -0.39 is 17.3 Å². The number of anilines is 1. The van der Waals surface area contributed by atoms with Crippen molar-refractivity contribution in [3.8, 4) is 0 Å². The molecule has 130 valence electrons. The molecule has 0 radical (unpaired) electrons. The predicted octanol–water partition coefficient (Wildman–Crippen LogP) is 2.19. The number of esters is 1. The van der Waals surface area contributed by atoms with E-state index in [9.17, 15) is 14.4 Å². The molecule has 6 nitrogen and oxygen atoms in total. The quantitative estimate of drug-likeness (QED) is 0.768. The molecule has 1 aromatic carbocycles. The summed E-state index contributed by atoms with van der Waals surface area (Å²) in [6, 6.07) is 7.42. The van der Waals surface area contributed by atoms with Crippen molar-refractivity contribution in [3.63, 3.8) is 0 Å². The molecule has 2 atom stereocenters. The molecule has 1 heterocycles. The average Bonchev–Trinajstić information content (AvgIpc) is 2.53. The number of carbonyl (C=O) groups excluding carboxylic acids is 3. The van der Waals surface area contributed by atoms with Crippen molar-refractivity contribution < 1.29 is 19.1 Å². The molecule has 7 heteroatoms. The summed E-state index contributed by atoms with van der Waals surface area (Å²) in [7, 11) is 0. The summed E-state index contributed by atoms with van der Waals surface area (Å²) >= 11 is 1.33. The first kappa shape index (κ1) is 18.3. The molecule has 1 aliphatic heterocycles. The molecular weight excluding hydrogens is 328 g/mol. The average molecular weight is 350 g/mol. The Morgan fingerprint density at radius 1 is 1.29 bits per heavy atom. The van der Waals surface area contributed by atoms with Gasteiger partial charge in [-0.1, -0.05) is 26.0 Å². The van der Waals surface area contributed by atoms with Gasteiger partial charge in [0.25, 0.3) is 5.91 Å². The Kier molecular flexibility index (Phi) is 6.25. The molecule has 0 spiro atoms. The largest absolute Gasteiger partial charge is 0.453 e. The lowest BCUT2D eigenvalue weighted by Crippen LogP contribution is -2.38. The third-order valence-electron chi connectivity index (χ3n) is 3.42. The number of carbonyl (C=O) groups is 3. The number of ether oxygens (including phenoxy) is 1. The van der Waals surface area contributed by atoms with Crippen molar-refractivity contribution >= 4 is 35.2 Å². The second-order valence-corrected chi connectivity index (χ2v) is 7.31. The van der Waals surface area contributed by atoms with Crippen LogP contribution in [0.25, 0.3) is 0 Å². The molecule has 24 heavy (non-hydrogen) atoms. The van der Waals surface area contributed by atoms with Gasteiger partial charge in [-0.25, -0.2) is 0 Å². The molecule has 0 aliphatic carbocycles. The Bertz CT molecular complexity index is 633. The number of hydrogen-bond acceptors (Lipinski definition) is 5. The zero-order valence-corrected chi connectivity index (χ0v) is 14.8. The first-order valence-corrected chi connectivity index (χ1v) is 8.78. The number of benzene rings is 1. The van der Waals surface area contributed by atoms with Crippen LogP contribution in [0.3, 0.4) is 0 Å². The van der Waals surface area contributed by atoms with E-state index in [1.807, 2.05) is 38.1 Å². The maximum atomic E-state index is 12.1. The van der Waals surface area contributed by atoms with Gasteiger partial charge in [0.2, 0.25) is 5.91 Å². The third-order valence-corrected chi connectivity index (χ3v) is 4.70. The molecule has 2 amide bonds. The Hall–Kier alpha value is -2.02. The maximum absolute atomic E-state index is 12.1. The van der Waals surface area contributed by atoms with Gasteiger partial charge in [0.05, 0.1) is 17.4 Å². The van der Waals surface area contributed by atoms with Gasteiger partial charge in [0.1, 0.15) is 0 Å². The number of nitrogens with one attached hydrogen (secondary N) is 2. The smallest absolute Gasteiger partial charge is 0.308 e. The van der Waals surface area contributed by atoms with E-state index in [1.165, 1.54) is 18.7 Å². The number of fused-ring (bicyclic) bond motifs is 1. The van der Waals surface area contributed by atoms with Crippen LogP contribution in [0.15, 0.2) is 29.2 Å². The minimum Gasteiger partial charge on any atom is -0.453 e. The van der Waals surface area contributed by atoms with E-state index in [0.717, 1.165) is 10.6 Å². The number of para-hydroxylation sites is 1. The van der Waals surface area contributed by atoms with Gasteiger partial charge < -0.3 is 15.4 Å². The highest BCUT2D eigenvalue weighted by atomic mass is 32.2. The highest BCUT2D eigenvalue weighted by Crippen LogP contribution is 2.36. The van der Waals surface area contributed by atoms with E-state index >= 15 is 0 Å². The molecule has 0 fully saturated rings. The molecular formula is C17H22N2O4S. The topological polar surface area (TPSA) is 84.5 Å². The monoisotopic (exact) mass is 350 g/mol. The summed E-state index contributed by atoms with van der Waals surface area (Å²) in [5, 5.41) is 4.93. The van der Waals surface area contributed by atoms with Gasteiger partial charge in [-0.05, 0) is 25.0 Å². The lowest BCUT2D eigenvalue weighted by Gasteiger charge is -2.23. The van der Waals surface area contributed by atoms with E-state index in [-0.39, 0.29) is 18.2 Å². The Balaban J connectivity index is 1.86. The third kappa shape index (κ3) is 4.99. The molecule has 2 N–H and O–H groups in total. The fourth-order valence-electron chi connectivity index (χ4n) is 2.13. The first-order chi connectivity index (χ1) is 11.4. The minimum absolute atomic E-state index is 0.0768. The maximum Gasteiger partial charge on any atom is 0.308 e. The van der Waals surface area contributed by atoms with Crippen molar-refractivity contribution in [1.29, 1.82) is 0 Å². The van der Waals surface area contributed by atoms with Crippen LogP contribution < -0.4 is 10.6 Å². The standard InChI is InChI=1S/C17H22N2O4S/c1-10(2)9-18-16(21)11(3)23-15(20)8-14-17(22)19-12-6-4-5-7-13(12)24-14/h4-7,10-11,14H,8-9H2,1-3H3,(H,18,21)(H,19,22)/t11-,14-/m1/s1.